The van der Waals surface area contributed by atoms with Gasteiger partial charge in [0.1, 0.15) is 12.2 Å². The van der Waals surface area contributed by atoms with Crippen molar-refractivity contribution >= 4 is 11.9 Å². The van der Waals surface area contributed by atoms with Crippen LogP contribution in [0.15, 0.2) is 12.2 Å². The van der Waals surface area contributed by atoms with Gasteiger partial charge in [0.05, 0.1) is 0 Å². The Kier molecular flexibility index (Phi) is 4.79. The van der Waals surface area contributed by atoms with Gasteiger partial charge in [-0.15, -0.1) is 0 Å². The van der Waals surface area contributed by atoms with Gasteiger partial charge in [-0.25, -0.2) is 9.59 Å². The summed E-state index contributed by atoms with van der Waals surface area (Å²) in [5, 5.41) is 0. The number of rotatable bonds is 4. The van der Waals surface area contributed by atoms with Crippen molar-refractivity contribution in [3.63, 3.8) is 0 Å². The summed E-state index contributed by atoms with van der Waals surface area (Å²) in [6.45, 7) is 0. The third kappa shape index (κ3) is 4.17. The van der Waals surface area contributed by atoms with Crippen molar-refractivity contribution in [2.24, 2.45) is 0 Å². The van der Waals surface area contributed by atoms with Crippen LogP contribution in [0.5, 0.6) is 0 Å². The lowest BCUT2D eigenvalue weighted by Gasteiger charge is -2.09. The number of hydrogen-bond acceptors (Lipinski definition) is 4. The van der Waals surface area contributed by atoms with Crippen molar-refractivity contribution in [2.75, 3.05) is 0 Å². The fourth-order valence-corrected chi connectivity index (χ4v) is 2.56. The second-order valence-electron chi connectivity index (χ2n) is 5.02. The Labute approximate surface area is 107 Å². The minimum absolute atomic E-state index is 0.0352. The van der Waals surface area contributed by atoms with Crippen LogP contribution in [0.1, 0.15) is 51.4 Å². The van der Waals surface area contributed by atoms with Crippen molar-refractivity contribution in [3.05, 3.63) is 12.2 Å². The van der Waals surface area contributed by atoms with Crippen LogP contribution in [-0.4, -0.2) is 24.1 Å². The summed E-state index contributed by atoms with van der Waals surface area (Å²) in [6.07, 6.45) is 10.6. The topological polar surface area (TPSA) is 52.6 Å². The largest absolute Gasteiger partial charge is 0.459 e. The van der Waals surface area contributed by atoms with Gasteiger partial charge < -0.3 is 9.47 Å². The van der Waals surface area contributed by atoms with E-state index in [0.717, 1.165) is 51.4 Å². The monoisotopic (exact) mass is 252 g/mol. The molecule has 0 amide bonds. The van der Waals surface area contributed by atoms with Crippen LogP contribution in [0.25, 0.3) is 0 Å². The zero-order chi connectivity index (χ0) is 12.8. The van der Waals surface area contributed by atoms with Crippen molar-refractivity contribution in [1.29, 1.82) is 0 Å². The van der Waals surface area contributed by atoms with Gasteiger partial charge in [-0.05, 0) is 51.4 Å². The smallest absolute Gasteiger partial charge is 0.331 e. The highest BCUT2D eigenvalue weighted by atomic mass is 16.5. The van der Waals surface area contributed by atoms with Gasteiger partial charge in [0, 0.05) is 12.2 Å². The third-order valence-electron chi connectivity index (χ3n) is 3.53. The molecule has 4 heteroatoms. The predicted octanol–water partition coefficient (Wildman–Crippen LogP) is 2.51. The van der Waals surface area contributed by atoms with Crippen LogP contribution in [-0.2, 0) is 19.1 Å². The van der Waals surface area contributed by atoms with Crippen LogP contribution >= 0.6 is 0 Å². The van der Waals surface area contributed by atoms with E-state index in [2.05, 4.69) is 0 Å². The summed E-state index contributed by atoms with van der Waals surface area (Å²) in [5.41, 5.74) is 0. The molecule has 2 rings (SSSR count). The maximum Gasteiger partial charge on any atom is 0.331 e. The van der Waals surface area contributed by atoms with E-state index >= 15 is 0 Å². The third-order valence-corrected chi connectivity index (χ3v) is 3.53. The number of esters is 2. The zero-order valence-electron chi connectivity index (χ0n) is 10.6. The molecule has 4 nitrogen and oxygen atoms in total. The highest BCUT2D eigenvalue weighted by Crippen LogP contribution is 2.22. The highest BCUT2D eigenvalue weighted by Gasteiger charge is 2.19. The van der Waals surface area contributed by atoms with E-state index < -0.39 is 11.9 Å². The lowest BCUT2D eigenvalue weighted by molar-refractivity contribution is -0.145. The van der Waals surface area contributed by atoms with Gasteiger partial charge in [-0.1, -0.05) is 0 Å². The molecular weight excluding hydrogens is 232 g/mol. The molecule has 2 aliphatic rings. The number of carbonyl (C=O) groups is 2. The summed E-state index contributed by atoms with van der Waals surface area (Å²) in [4.78, 5) is 22.8. The fourth-order valence-electron chi connectivity index (χ4n) is 2.56. The Morgan fingerprint density at radius 1 is 0.722 bits per heavy atom. The standard InChI is InChI=1S/C14H20O4/c15-13(17-11-5-1-2-6-11)9-10-14(16)18-12-7-3-4-8-12/h9-12H,1-8H2. The predicted molar refractivity (Wildman–Crippen MR) is 65.8 cm³/mol. The van der Waals surface area contributed by atoms with Crippen molar-refractivity contribution in [3.8, 4) is 0 Å². The van der Waals surface area contributed by atoms with E-state index in [1.165, 1.54) is 12.2 Å². The molecule has 0 aromatic carbocycles. The summed E-state index contributed by atoms with van der Waals surface area (Å²) < 4.78 is 10.4. The molecular formula is C14H20O4. The first-order valence-electron chi connectivity index (χ1n) is 6.83. The second kappa shape index (κ2) is 6.57. The molecule has 0 aromatic heterocycles. The molecule has 0 aromatic rings. The van der Waals surface area contributed by atoms with Gasteiger partial charge >= 0.3 is 11.9 Å². The Morgan fingerprint density at radius 3 is 1.39 bits per heavy atom. The maximum absolute atomic E-state index is 11.4. The molecule has 2 fully saturated rings. The molecule has 18 heavy (non-hydrogen) atoms. The number of ether oxygens (including phenoxy) is 2. The van der Waals surface area contributed by atoms with Crippen LogP contribution in [0.4, 0.5) is 0 Å². The molecule has 0 saturated heterocycles. The molecule has 0 N–H and O–H groups in total. The molecule has 2 aliphatic carbocycles. The molecule has 0 radical (unpaired) electrons. The normalized spacial score (nSPS) is 21.6. The first kappa shape index (κ1) is 13.1. The summed E-state index contributed by atoms with van der Waals surface area (Å²) >= 11 is 0. The Hall–Kier alpha value is -1.32. The van der Waals surface area contributed by atoms with E-state index in [4.69, 9.17) is 9.47 Å². The quantitative estimate of drug-likeness (QED) is 0.570. The Morgan fingerprint density at radius 2 is 1.06 bits per heavy atom. The van der Waals surface area contributed by atoms with Crippen molar-refractivity contribution in [1.82, 2.24) is 0 Å². The van der Waals surface area contributed by atoms with Gasteiger partial charge in [0.2, 0.25) is 0 Å². The average molecular weight is 252 g/mol. The minimum Gasteiger partial charge on any atom is -0.459 e. The SMILES string of the molecule is O=C(C=CC(=O)OC1CCCC1)OC1CCCC1. The molecule has 0 bridgehead atoms. The van der Waals surface area contributed by atoms with E-state index in [9.17, 15) is 9.59 Å². The van der Waals surface area contributed by atoms with E-state index in [-0.39, 0.29) is 12.2 Å². The summed E-state index contributed by atoms with van der Waals surface area (Å²) in [7, 11) is 0. The highest BCUT2D eigenvalue weighted by molar-refractivity contribution is 5.91. The van der Waals surface area contributed by atoms with Gasteiger partial charge in [0.15, 0.2) is 0 Å². The van der Waals surface area contributed by atoms with Crippen LogP contribution in [0.3, 0.4) is 0 Å². The molecule has 0 spiro atoms. The summed E-state index contributed by atoms with van der Waals surface area (Å²) in [5.74, 6) is -0.879. The number of hydrogen-bond donors (Lipinski definition) is 0. The van der Waals surface area contributed by atoms with Crippen LogP contribution in [0.2, 0.25) is 0 Å². The van der Waals surface area contributed by atoms with E-state index in [1.807, 2.05) is 0 Å². The van der Waals surface area contributed by atoms with Crippen molar-refractivity contribution in [2.45, 2.75) is 63.6 Å². The molecule has 2 saturated carbocycles. The van der Waals surface area contributed by atoms with Gasteiger partial charge in [-0.2, -0.15) is 0 Å². The zero-order valence-corrected chi connectivity index (χ0v) is 10.6. The Bertz CT molecular complexity index is 291. The maximum atomic E-state index is 11.4. The average Bonchev–Trinajstić information content (AvgIpc) is 2.99. The lowest BCUT2D eigenvalue weighted by atomic mass is 10.3. The van der Waals surface area contributed by atoms with Crippen molar-refractivity contribution < 1.29 is 19.1 Å². The first-order valence-corrected chi connectivity index (χ1v) is 6.83. The Balaban J connectivity index is 1.68. The van der Waals surface area contributed by atoms with Crippen LogP contribution in [0, 0.1) is 0 Å². The molecule has 0 aliphatic heterocycles. The molecule has 100 valence electrons. The van der Waals surface area contributed by atoms with Crippen LogP contribution < -0.4 is 0 Å². The minimum atomic E-state index is -0.440. The van der Waals surface area contributed by atoms with Gasteiger partial charge in [-0.3, -0.25) is 0 Å². The molecule has 0 heterocycles. The summed E-state index contributed by atoms with van der Waals surface area (Å²) in [6, 6.07) is 0. The van der Waals surface area contributed by atoms with Gasteiger partial charge in [0.25, 0.3) is 0 Å². The molecule has 0 unspecified atom stereocenters. The second-order valence-corrected chi connectivity index (χ2v) is 5.02. The molecule has 0 atom stereocenters. The first-order chi connectivity index (χ1) is 8.74. The van der Waals surface area contributed by atoms with E-state index in [1.54, 1.807) is 0 Å². The van der Waals surface area contributed by atoms with E-state index in [0.29, 0.717) is 0 Å². The fraction of sp³-hybridized carbons (Fsp3) is 0.714. The number of carbonyl (C=O) groups excluding carboxylic acids is 2. The lowest BCUT2D eigenvalue weighted by Crippen LogP contribution is -2.15.